The van der Waals surface area contributed by atoms with Crippen LogP contribution in [0.3, 0.4) is 0 Å². The Labute approximate surface area is 183 Å². The molecule has 1 saturated carbocycles. The van der Waals surface area contributed by atoms with Crippen LogP contribution in [0.1, 0.15) is 18.5 Å². The van der Waals surface area contributed by atoms with Crippen LogP contribution < -0.4 is 5.56 Å². The van der Waals surface area contributed by atoms with Gasteiger partial charge in [0.2, 0.25) is 0 Å². The zero-order chi connectivity index (χ0) is 21.8. The van der Waals surface area contributed by atoms with Crippen LogP contribution in [0.25, 0.3) is 38.8 Å². The number of hydrogen-bond donors (Lipinski definition) is 1. The summed E-state index contributed by atoms with van der Waals surface area (Å²) < 4.78 is 5.36. The van der Waals surface area contributed by atoms with E-state index in [1.165, 1.54) is 17.5 Å². The third-order valence-corrected chi connectivity index (χ3v) is 6.07. The van der Waals surface area contributed by atoms with Gasteiger partial charge in [0.05, 0.1) is 34.6 Å². The number of aromatic nitrogens is 6. The van der Waals surface area contributed by atoms with Gasteiger partial charge in [0.25, 0.3) is 5.56 Å². The Morgan fingerprint density at radius 3 is 2.72 bits per heavy atom. The van der Waals surface area contributed by atoms with Crippen molar-refractivity contribution in [3.63, 3.8) is 0 Å². The van der Waals surface area contributed by atoms with Crippen LogP contribution in [0.4, 0.5) is 0 Å². The highest BCUT2D eigenvalue weighted by atomic mass is 16.3. The van der Waals surface area contributed by atoms with Crippen LogP contribution in [0, 0.1) is 5.92 Å². The van der Waals surface area contributed by atoms with Crippen molar-refractivity contribution >= 4 is 21.9 Å². The molecule has 0 bridgehead atoms. The second-order valence-corrected chi connectivity index (χ2v) is 8.48. The Hall–Kier alpha value is -3.78. The second-order valence-electron chi connectivity index (χ2n) is 8.48. The maximum Gasteiger partial charge on any atom is 0.281 e. The normalized spacial score (nSPS) is 13.9. The third-order valence-electron chi connectivity index (χ3n) is 6.07. The van der Waals surface area contributed by atoms with Gasteiger partial charge in [0.15, 0.2) is 0 Å². The van der Waals surface area contributed by atoms with E-state index in [-0.39, 0.29) is 12.2 Å². The maximum absolute atomic E-state index is 13.8. The molecule has 160 valence electrons. The molecule has 4 aromatic heterocycles. The summed E-state index contributed by atoms with van der Waals surface area (Å²) in [5.74, 6) is 0.656. The molecule has 5 aromatic rings. The number of hydrogen-bond acceptors (Lipinski definition) is 5. The summed E-state index contributed by atoms with van der Waals surface area (Å²) in [4.78, 5) is 18.1. The van der Waals surface area contributed by atoms with Gasteiger partial charge in [-0.1, -0.05) is 6.07 Å². The number of aryl methyl sites for hydroxylation is 1. The van der Waals surface area contributed by atoms with E-state index >= 15 is 0 Å². The van der Waals surface area contributed by atoms with Crippen LogP contribution in [-0.4, -0.2) is 34.2 Å². The monoisotopic (exact) mass is 426 g/mol. The van der Waals surface area contributed by atoms with Crippen molar-refractivity contribution in [1.29, 1.82) is 0 Å². The van der Waals surface area contributed by atoms with Crippen LogP contribution in [0.2, 0.25) is 0 Å². The van der Waals surface area contributed by atoms with Gasteiger partial charge in [-0.3, -0.25) is 14.5 Å². The van der Waals surface area contributed by atoms with Gasteiger partial charge < -0.3 is 9.67 Å². The lowest BCUT2D eigenvalue weighted by Gasteiger charge is -2.12. The molecule has 0 atom stereocenters. The van der Waals surface area contributed by atoms with Crippen molar-refractivity contribution in [3.05, 3.63) is 71.0 Å². The molecule has 32 heavy (non-hydrogen) atoms. The Bertz CT molecular complexity index is 1520. The first-order valence-electron chi connectivity index (χ1n) is 10.7. The molecule has 8 nitrogen and oxygen atoms in total. The first-order chi connectivity index (χ1) is 15.6. The standard InChI is InChI=1S/C24H22N6O2/c1-28-13-17-10-19(6-7-20(17)26-28)30-24(32)22(16-4-5-18(14-31)25-11-16)23-21(27-30)8-9-29(23)12-15-2-3-15/h4-11,13,15,31H,2-3,12,14H2,1H3. The first-order valence-corrected chi connectivity index (χ1v) is 10.7. The summed E-state index contributed by atoms with van der Waals surface area (Å²) in [5, 5.41) is 19.5. The van der Waals surface area contributed by atoms with E-state index in [0.717, 1.165) is 28.5 Å². The largest absolute Gasteiger partial charge is 0.390 e. The highest BCUT2D eigenvalue weighted by Crippen LogP contribution is 2.33. The van der Waals surface area contributed by atoms with E-state index in [0.29, 0.717) is 28.4 Å². The molecule has 1 N–H and O–H groups in total. The molecule has 8 heteroatoms. The maximum atomic E-state index is 13.8. The molecule has 0 saturated heterocycles. The highest BCUT2D eigenvalue weighted by molar-refractivity contribution is 5.92. The van der Waals surface area contributed by atoms with Crippen LogP contribution in [0.15, 0.2) is 59.8 Å². The number of benzene rings is 1. The van der Waals surface area contributed by atoms with Gasteiger partial charge in [0, 0.05) is 43.1 Å². The van der Waals surface area contributed by atoms with E-state index < -0.39 is 0 Å². The van der Waals surface area contributed by atoms with E-state index in [1.54, 1.807) is 16.9 Å². The summed E-state index contributed by atoms with van der Waals surface area (Å²) >= 11 is 0. The van der Waals surface area contributed by atoms with Crippen molar-refractivity contribution in [2.75, 3.05) is 0 Å². The molecule has 0 spiro atoms. The van der Waals surface area contributed by atoms with Crippen molar-refractivity contribution in [1.82, 2.24) is 29.1 Å². The molecular formula is C24H22N6O2. The van der Waals surface area contributed by atoms with Crippen molar-refractivity contribution < 1.29 is 5.11 Å². The zero-order valence-corrected chi connectivity index (χ0v) is 17.6. The van der Waals surface area contributed by atoms with E-state index in [2.05, 4.69) is 14.6 Å². The molecule has 0 aliphatic heterocycles. The summed E-state index contributed by atoms with van der Waals surface area (Å²) in [6.07, 6.45) is 8.04. The lowest BCUT2D eigenvalue weighted by Crippen LogP contribution is -2.24. The molecule has 1 aliphatic carbocycles. The first kappa shape index (κ1) is 18.9. The third kappa shape index (κ3) is 3.11. The van der Waals surface area contributed by atoms with Crippen LogP contribution in [0.5, 0.6) is 0 Å². The summed E-state index contributed by atoms with van der Waals surface area (Å²) in [6, 6.07) is 11.3. The van der Waals surface area contributed by atoms with E-state index in [1.807, 2.05) is 49.8 Å². The Balaban J connectivity index is 1.61. The molecule has 4 heterocycles. The van der Waals surface area contributed by atoms with Crippen molar-refractivity contribution in [2.24, 2.45) is 13.0 Å². The molecular weight excluding hydrogens is 404 g/mol. The minimum Gasteiger partial charge on any atom is -0.390 e. The molecule has 0 unspecified atom stereocenters. The average molecular weight is 426 g/mol. The molecule has 6 rings (SSSR count). The van der Waals surface area contributed by atoms with Crippen LogP contribution in [-0.2, 0) is 20.2 Å². The average Bonchev–Trinajstić information content (AvgIpc) is 3.41. The van der Waals surface area contributed by atoms with Crippen molar-refractivity contribution in [3.8, 4) is 16.8 Å². The highest BCUT2D eigenvalue weighted by Gasteiger charge is 2.25. The summed E-state index contributed by atoms with van der Waals surface area (Å²) in [6.45, 7) is 0.741. The van der Waals surface area contributed by atoms with Gasteiger partial charge in [-0.2, -0.15) is 14.9 Å². The lowest BCUT2D eigenvalue weighted by atomic mass is 10.1. The molecule has 1 fully saturated rings. The minimum atomic E-state index is -0.199. The quantitative estimate of drug-likeness (QED) is 0.467. The predicted molar refractivity (Wildman–Crippen MR) is 121 cm³/mol. The number of nitrogens with zero attached hydrogens (tertiary/aromatic N) is 6. The minimum absolute atomic E-state index is 0.139. The Morgan fingerprint density at radius 1 is 1.09 bits per heavy atom. The Morgan fingerprint density at radius 2 is 1.97 bits per heavy atom. The lowest BCUT2D eigenvalue weighted by molar-refractivity contribution is 0.277. The predicted octanol–water partition coefficient (Wildman–Crippen LogP) is 3.04. The van der Waals surface area contributed by atoms with Gasteiger partial charge in [-0.15, -0.1) is 0 Å². The van der Waals surface area contributed by atoms with Crippen LogP contribution >= 0.6 is 0 Å². The fourth-order valence-electron chi connectivity index (χ4n) is 4.27. The van der Waals surface area contributed by atoms with Gasteiger partial charge in [-0.25, -0.2) is 0 Å². The van der Waals surface area contributed by atoms with Crippen molar-refractivity contribution in [2.45, 2.75) is 26.0 Å². The number of aliphatic hydroxyl groups is 1. The van der Waals surface area contributed by atoms with E-state index in [9.17, 15) is 9.90 Å². The topological polar surface area (TPSA) is 90.8 Å². The van der Waals surface area contributed by atoms with Gasteiger partial charge >= 0.3 is 0 Å². The molecule has 1 aromatic carbocycles. The zero-order valence-electron chi connectivity index (χ0n) is 17.6. The molecule has 0 amide bonds. The smallest absolute Gasteiger partial charge is 0.281 e. The van der Waals surface area contributed by atoms with Gasteiger partial charge in [0.1, 0.15) is 5.52 Å². The fourth-order valence-corrected chi connectivity index (χ4v) is 4.27. The second kappa shape index (κ2) is 7.13. The number of pyridine rings is 1. The summed E-state index contributed by atoms with van der Waals surface area (Å²) in [7, 11) is 1.87. The Kier molecular flexibility index (Phi) is 4.22. The summed E-state index contributed by atoms with van der Waals surface area (Å²) in [5.41, 5.74) is 4.80. The van der Waals surface area contributed by atoms with E-state index in [4.69, 9.17) is 5.10 Å². The number of fused-ring (bicyclic) bond motifs is 2. The molecule has 1 aliphatic rings. The number of rotatable bonds is 5. The molecule has 0 radical (unpaired) electrons. The number of aliphatic hydroxyl groups excluding tert-OH is 1. The SMILES string of the molecule is Cn1cc2cc(-n3nc4ccn(CC5CC5)c4c(-c4ccc(CO)nc4)c3=O)ccc2n1. The van der Waals surface area contributed by atoms with Gasteiger partial charge in [-0.05, 0) is 49.1 Å². The fraction of sp³-hybridized carbons (Fsp3) is 0.250.